The van der Waals surface area contributed by atoms with Gasteiger partial charge in [0.25, 0.3) is 5.91 Å². The molecule has 0 atom stereocenters. The number of benzene rings is 3. The quantitative estimate of drug-likeness (QED) is 0.397. The summed E-state index contributed by atoms with van der Waals surface area (Å²) < 4.78 is 3.13. The van der Waals surface area contributed by atoms with Gasteiger partial charge in [0, 0.05) is 23.4 Å². The van der Waals surface area contributed by atoms with E-state index in [0.717, 1.165) is 22.5 Å². The first-order valence-corrected chi connectivity index (χ1v) is 9.94. The molecule has 0 N–H and O–H groups in total. The smallest absolute Gasteiger partial charge is 0.267 e. The van der Waals surface area contributed by atoms with Gasteiger partial charge in [-0.1, -0.05) is 65.4 Å². The fourth-order valence-electron chi connectivity index (χ4n) is 3.42. The predicted molar refractivity (Wildman–Crippen MR) is 121 cm³/mol. The molecule has 0 unspecified atom stereocenters. The Bertz CT molecular complexity index is 1400. The maximum atomic E-state index is 12.8. The van der Waals surface area contributed by atoms with Crippen LogP contribution in [0.3, 0.4) is 0 Å². The standard InChI is InChI=1S/C25H19N5O/c1-18-11-13-19(14-12-18)25-20(17-29(27-25)21-7-3-2-4-8-21)15-16-24(31)30-23-10-6-5-9-22(23)26-28-30/h2-17H,1H3/b16-15-. The summed E-state index contributed by atoms with van der Waals surface area (Å²) in [5.41, 5.74) is 6.11. The van der Waals surface area contributed by atoms with Gasteiger partial charge in [-0.2, -0.15) is 9.78 Å². The van der Waals surface area contributed by atoms with E-state index >= 15 is 0 Å². The first kappa shape index (κ1) is 18.7. The first-order valence-electron chi connectivity index (χ1n) is 9.94. The van der Waals surface area contributed by atoms with E-state index in [1.54, 1.807) is 6.08 Å². The minimum absolute atomic E-state index is 0.268. The highest BCUT2D eigenvalue weighted by molar-refractivity contribution is 5.98. The van der Waals surface area contributed by atoms with Crippen LogP contribution in [0.5, 0.6) is 0 Å². The lowest BCUT2D eigenvalue weighted by Gasteiger charge is -2.01. The zero-order chi connectivity index (χ0) is 21.2. The lowest BCUT2D eigenvalue weighted by Crippen LogP contribution is -2.08. The normalized spacial score (nSPS) is 11.4. The largest absolute Gasteiger partial charge is 0.272 e. The molecule has 0 amide bonds. The minimum Gasteiger partial charge on any atom is -0.267 e. The second-order valence-electron chi connectivity index (χ2n) is 7.24. The summed E-state index contributed by atoms with van der Waals surface area (Å²) in [7, 11) is 0. The van der Waals surface area contributed by atoms with Gasteiger partial charge in [0.2, 0.25) is 0 Å². The monoisotopic (exact) mass is 405 g/mol. The molecular weight excluding hydrogens is 386 g/mol. The Hall–Kier alpha value is -4.32. The Kier molecular flexibility index (Phi) is 4.72. The Morgan fingerprint density at radius 3 is 2.45 bits per heavy atom. The van der Waals surface area contributed by atoms with Crippen LogP contribution in [0.15, 0.2) is 91.1 Å². The number of hydrogen-bond donors (Lipinski definition) is 0. The van der Waals surface area contributed by atoms with E-state index in [4.69, 9.17) is 5.10 Å². The van der Waals surface area contributed by atoms with Gasteiger partial charge >= 0.3 is 0 Å². The number of nitrogens with zero attached hydrogens (tertiary/aromatic N) is 5. The molecule has 0 fully saturated rings. The predicted octanol–water partition coefficient (Wildman–Crippen LogP) is 4.95. The van der Waals surface area contributed by atoms with Gasteiger partial charge in [0.05, 0.1) is 16.9 Å². The van der Waals surface area contributed by atoms with Crippen molar-refractivity contribution in [3.63, 3.8) is 0 Å². The summed E-state index contributed by atoms with van der Waals surface area (Å²) in [6, 6.07) is 25.5. The van der Waals surface area contributed by atoms with E-state index in [1.807, 2.05) is 84.5 Å². The average molecular weight is 405 g/mol. The third-order valence-corrected chi connectivity index (χ3v) is 5.05. The molecule has 5 rings (SSSR count). The van der Waals surface area contributed by atoms with Crippen molar-refractivity contribution in [2.45, 2.75) is 6.92 Å². The molecule has 0 bridgehead atoms. The minimum atomic E-state index is -0.268. The fourth-order valence-corrected chi connectivity index (χ4v) is 3.42. The van der Waals surface area contributed by atoms with Crippen molar-refractivity contribution in [1.82, 2.24) is 24.8 Å². The Balaban J connectivity index is 1.54. The van der Waals surface area contributed by atoms with Crippen molar-refractivity contribution in [3.05, 3.63) is 102 Å². The van der Waals surface area contributed by atoms with Gasteiger partial charge in [-0.3, -0.25) is 4.79 Å². The Morgan fingerprint density at radius 2 is 1.65 bits per heavy atom. The maximum Gasteiger partial charge on any atom is 0.272 e. The Morgan fingerprint density at radius 1 is 0.903 bits per heavy atom. The summed E-state index contributed by atoms with van der Waals surface area (Å²) in [4.78, 5) is 12.8. The number of allylic oxidation sites excluding steroid dienone is 1. The summed E-state index contributed by atoms with van der Waals surface area (Å²) in [6.45, 7) is 2.05. The van der Waals surface area contributed by atoms with Crippen molar-refractivity contribution >= 4 is 23.0 Å². The van der Waals surface area contributed by atoms with E-state index in [-0.39, 0.29) is 5.91 Å². The highest BCUT2D eigenvalue weighted by atomic mass is 16.2. The molecule has 0 aliphatic heterocycles. The van der Waals surface area contributed by atoms with Gasteiger partial charge < -0.3 is 0 Å². The molecule has 2 heterocycles. The van der Waals surface area contributed by atoms with Gasteiger partial charge in [-0.15, -0.1) is 5.10 Å². The molecule has 0 saturated carbocycles. The fraction of sp³-hybridized carbons (Fsp3) is 0.0400. The molecule has 3 aromatic carbocycles. The number of carbonyl (C=O) groups is 1. The second kappa shape index (κ2) is 7.84. The number of hydrogen-bond acceptors (Lipinski definition) is 4. The van der Waals surface area contributed by atoms with Crippen LogP contribution in [-0.2, 0) is 0 Å². The molecule has 5 aromatic rings. The molecule has 0 aliphatic carbocycles. The highest BCUT2D eigenvalue weighted by Gasteiger charge is 2.13. The molecule has 0 radical (unpaired) electrons. The zero-order valence-electron chi connectivity index (χ0n) is 16.9. The topological polar surface area (TPSA) is 65.6 Å². The first-order chi connectivity index (χ1) is 15.2. The molecule has 31 heavy (non-hydrogen) atoms. The molecule has 0 saturated heterocycles. The maximum absolute atomic E-state index is 12.8. The van der Waals surface area contributed by atoms with Crippen LogP contribution in [-0.4, -0.2) is 30.7 Å². The number of para-hydroxylation sites is 2. The number of aryl methyl sites for hydroxylation is 1. The lowest BCUT2D eigenvalue weighted by atomic mass is 10.1. The van der Waals surface area contributed by atoms with Crippen molar-refractivity contribution in [1.29, 1.82) is 0 Å². The summed E-state index contributed by atoms with van der Waals surface area (Å²) in [6.07, 6.45) is 5.21. The van der Waals surface area contributed by atoms with Gasteiger partial charge in [0.1, 0.15) is 5.52 Å². The van der Waals surface area contributed by atoms with Crippen LogP contribution < -0.4 is 0 Å². The van der Waals surface area contributed by atoms with E-state index < -0.39 is 0 Å². The molecule has 0 spiro atoms. The van der Waals surface area contributed by atoms with Gasteiger partial charge in [0.15, 0.2) is 0 Å². The number of aromatic nitrogens is 5. The van der Waals surface area contributed by atoms with E-state index in [2.05, 4.69) is 22.4 Å². The van der Waals surface area contributed by atoms with Crippen molar-refractivity contribution in [2.75, 3.05) is 0 Å². The van der Waals surface area contributed by atoms with Gasteiger partial charge in [-0.05, 0) is 37.3 Å². The third kappa shape index (κ3) is 3.67. The van der Waals surface area contributed by atoms with Crippen LogP contribution in [0.2, 0.25) is 0 Å². The molecule has 6 heteroatoms. The number of fused-ring (bicyclic) bond motifs is 1. The number of carbonyl (C=O) groups excluding carboxylic acids is 1. The van der Waals surface area contributed by atoms with E-state index in [0.29, 0.717) is 11.0 Å². The summed E-state index contributed by atoms with van der Waals surface area (Å²) in [5, 5.41) is 12.8. The van der Waals surface area contributed by atoms with Crippen molar-refractivity contribution in [3.8, 4) is 16.9 Å². The van der Waals surface area contributed by atoms with Crippen molar-refractivity contribution in [2.24, 2.45) is 0 Å². The Labute approximate surface area is 179 Å². The molecule has 6 nitrogen and oxygen atoms in total. The van der Waals surface area contributed by atoms with Crippen LogP contribution in [0, 0.1) is 6.92 Å². The second-order valence-corrected chi connectivity index (χ2v) is 7.24. The highest BCUT2D eigenvalue weighted by Crippen LogP contribution is 2.25. The zero-order valence-corrected chi connectivity index (χ0v) is 16.9. The molecule has 0 aliphatic rings. The van der Waals surface area contributed by atoms with E-state index in [1.165, 1.54) is 16.3 Å². The molecular formula is C25H19N5O. The van der Waals surface area contributed by atoms with Crippen LogP contribution in [0.1, 0.15) is 15.9 Å². The average Bonchev–Trinajstić information content (AvgIpc) is 3.43. The number of rotatable bonds is 4. The van der Waals surface area contributed by atoms with Crippen LogP contribution in [0.25, 0.3) is 34.1 Å². The summed E-state index contributed by atoms with van der Waals surface area (Å²) in [5.74, 6) is -0.268. The van der Waals surface area contributed by atoms with Crippen LogP contribution in [0.4, 0.5) is 0 Å². The van der Waals surface area contributed by atoms with Crippen LogP contribution >= 0.6 is 0 Å². The molecule has 2 aromatic heterocycles. The lowest BCUT2D eigenvalue weighted by molar-refractivity contribution is 0.0958. The van der Waals surface area contributed by atoms with Crippen molar-refractivity contribution < 1.29 is 4.79 Å². The SMILES string of the molecule is Cc1ccc(-c2nn(-c3ccccc3)cc2/C=C\C(=O)n2nnc3ccccc32)cc1. The van der Waals surface area contributed by atoms with E-state index in [9.17, 15) is 4.79 Å². The van der Waals surface area contributed by atoms with Gasteiger partial charge in [-0.25, -0.2) is 4.68 Å². The third-order valence-electron chi connectivity index (χ3n) is 5.05. The molecule has 150 valence electrons. The summed E-state index contributed by atoms with van der Waals surface area (Å²) >= 11 is 0.